The molecule has 1 heterocycles. The third-order valence-corrected chi connectivity index (χ3v) is 6.04. The average molecular weight is 501 g/mol. The van der Waals surface area contributed by atoms with Gasteiger partial charge in [0.1, 0.15) is 12.4 Å². The second kappa shape index (κ2) is 19.9. The standard InChI is InChI=1S/C30H48N2O4/c1-4-6-8-10-12-16-20-33-22-23-35-27-24-31-30(32-25-27)28-18-14-15-19-29(28)36-26(3)34-21-17-13-11-9-7-5-2/h14-15,18-19,24-26H,4-13,16-17,20-23H2,1-3H3. The molecule has 0 N–H and O–H groups in total. The average Bonchev–Trinajstić information content (AvgIpc) is 2.90. The Morgan fingerprint density at radius 1 is 0.694 bits per heavy atom. The first kappa shape index (κ1) is 30.0. The van der Waals surface area contributed by atoms with Gasteiger partial charge in [0.25, 0.3) is 0 Å². The van der Waals surface area contributed by atoms with Crippen LogP contribution in [0.15, 0.2) is 36.7 Å². The largest absolute Gasteiger partial charge is 0.488 e. The molecule has 0 aliphatic rings. The highest BCUT2D eigenvalue weighted by atomic mass is 16.7. The van der Waals surface area contributed by atoms with Crippen molar-refractivity contribution in [1.29, 1.82) is 0 Å². The fourth-order valence-corrected chi connectivity index (χ4v) is 3.93. The van der Waals surface area contributed by atoms with Crippen LogP contribution in [-0.4, -0.2) is 42.7 Å². The third-order valence-electron chi connectivity index (χ3n) is 6.04. The topological polar surface area (TPSA) is 62.7 Å². The van der Waals surface area contributed by atoms with E-state index in [0.717, 1.165) is 25.0 Å². The molecule has 1 aromatic carbocycles. The maximum absolute atomic E-state index is 6.06. The molecule has 1 atom stereocenters. The Balaban J connectivity index is 1.69. The molecule has 2 rings (SSSR count). The third kappa shape index (κ3) is 13.2. The van der Waals surface area contributed by atoms with E-state index >= 15 is 0 Å². The zero-order valence-electron chi connectivity index (χ0n) is 22.9. The van der Waals surface area contributed by atoms with Crippen LogP contribution < -0.4 is 9.47 Å². The summed E-state index contributed by atoms with van der Waals surface area (Å²) in [6, 6.07) is 7.79. The lowest BCUT2D eigenvalue weighted by Crippen LogP contribution is -2.17. The Morgan fingerprint density at radius 3 is 2.00 bits per heavy atom. The molecular formula is C30H48N2O4. The van der Waals surface area contributed by atoms with E-state index in [1.807, 2.05) is 31.2 Å². The lowest BCUT2D eigenvalue weighted by Gasteiger charge is -2.17. The highest BCUT2D eigenvalue weighted by Crippen LogP contribution is 2.28. The molecule has 1 aromatic heterocycles. The van der Waals surface area contributed by atoms with Gasteiger partial charge >= 0.3 is 0 Å². The summed E-state index contributed by atoms with van der Waals surface area (Å²) >= 11 is 0. The lowest BCUT2D eigenvalue weighted by molar-refractivity contribution is -0.0674. The lowest BCUT2D eigenvalue weighted by atomic mass is 10.1. The summed E-state index contributed by atoms with van der Waals surface area (Å²) in [4.78, 5) is 8.99. The zero-order valence-corrected chi connectivity index (χ0v) is 22.9. The summed E-state index contributed by atoms with van der Waals surface area (Å²) < 4.78 is 23.3. The summed E-state index contributed by atoms with van der Waals surface area (Å²) in [6.45, 7) is 8.98. The monoisotopic (exact) mass is 500 g/mol. The van der Waals surface area contributed by atoms with E-state index in [1.165, 1.54) is 64.2 Å². The predicted octanol–water partition coefficient (Wildman–Crippen LogP) is 8.00. The van der Waals surface area contributed by atoms with E-state index in [2.05, 4.69) is 23.8 Å². The molecule has 0 saturated carbocycles. The molecule has 202 valence electrons. The Morgan fingerprint density at radius 2 is 1.31 bits per heavy atom. The van der Waals surface area contributed by atoms with Gasteiger partial charge in [-0.25, -0.2) is 9.97 Å². The molecule has 1 unspecified atom stereocenters. The molecule has 0 fully saturated rings. The van der Waals surface area contributed by atoms with Gasteiger partial charge in [0.15, 0.2) is 17.9 Å². The van der Waals surface area contributed by atoms with Crippen molar-refractivity contribution in [2.24, 2.45) is 0 Å². The Labute approximate surface area is 219 Å². The van der Waals surface area contributed by atoms with Crippen LogP contribution in [0.5, 0.6) is 11.5 Å². The van der Waals surface area contributed by atoms with Gasteiger partial charge in [0, 0.05) is 6.61 Å². The van der Waals surface area contributed by atoms with Gasteiger partial charge in [-0.05, 0) is 31.9 Å². The highest BCUT2D eigenvalue weighted by Gasteiger charge is 2.12. The quantitative estimate of drug-likeness (QED) is 0.121. The van der Waals surface area contributed by atoms with E-state index in [9.17, 15) is 0 Å². The summed E-state index contributed by atoms with van der Waals surface area (Å²) in [7, 11) is 0. The highest BCUT2D eigenvalue weighted by molar-refractivity contribution is 5.63. The van der Waals surface area contributed by atoms with Crippen LogP contribution >= 0.6 is 0 Å². The number of ether oxygens (including phenoxy) is 4. The molecule has 0 amide bonds. The summed E-state index contributed by atoms with van der Waals surface area (Å²) in [5.74, 6) is 1.95. The predicted molar refractivity (Wildman–Crippen MR) is 147 cm³/mol. The van der Waals surface area contributed by atoms with Gasteiger partial charge in [0.2, 0.25) is 0 Å². The fourth-order valence-electron chi connectivity index (χ4n) is 3.93. The number of nitrogens with zero attached hydrogens (tertiary/aromatic N) is 2. The molecule has 6 nitrogen and oxygen atoms in total. The molecule has 0 radical (unpaired) electrons. The molecule has 0 aliphatic carbocycles. The molecule has 6 heteroatoms. The molecule has 0 aliphatic heterocycles. The molecular weight excluding hydrogens is 452 g/mol. The van der Waals surface area contributed by atoms with Crippen molar-refractivity contribution in [2.45, 2.75) is 104 Å². The van der Waals surface area contributed by atoms with Crippen molar-refractivity contribution in [2.75, 3.05) is 26.4 Å². The number of unbranched alkanes of at least 4 members (excludes halogenated alkanes) is 10. The second-order valence-corrected chi connectivity index (χ2v) is 9.29. The van der Waals surface area contributed by atoms with E-state index in [1.54, 1.807) is 12.4 Å². The van der Waals surface area contributed by atoms with E-state index < -0.39 is 0 Å². The van der Waals surface area contributed by atoms with Crippen LogP contribution in [-0.2, 0) is 9.47 Å². The van der Waals surface area contributed by atoms with E-state index in [4.69, 9.17) is 18.9 Å². The summed E-state index contributed by atoms with van der Waals surface area (Å²) in [5.41, 5.74) is 0.835. The maximum atomic E-state index is 6.06. The molecule has 36 heavy (non-hydrogen) atoms. The van der Waals surface area contributed by atoms with Gasteiger partial charge in [0.05, 0.1) is 31.2 Å². The second-order valence-electron chi connectivity index (χ2n) is 9.29. The van der Waals surface area contributed by atoms with Crippen LogP contribution in [0.1, 0.15) is 97.8 Å². The minimum atomic E-state index is -0.333. The van der Waals surface area contributed by atoms with Gasteiger partial charge < -0.3 is 18.9 Å². The van der Waals surface area contributed by atoms with Crippen LogP contribution in [0.2, 0.25) is 0 Å². The minimum Gasteiger partial charge on any atom is -0.488 e. The molecule has 0 spiro atoms. The minimum absolute atomic E-state index is 0.333. The molecule has 0 saturated heterocycles. The van der Waals surface area contributed by atoms with Crippen LogP contribution in [0.25, 0.3) is 11.4 Å². The number of rotatable bonds is 22. The van der Waals surface area contributed by atoms with Crippen molar-refractivity contribution in [3.8, 4) is 22.9 Å². The summed E-state index contributed by atoms with van der Waals surface area (Å²) in [6.07, 6.45) is 18.1. The first-order valence-corrected chi connectivity index (χ1v) is 14.1. The van der Waals surface area contributed by atoms with Crippen molar-refractivity contribution in [1.82, 2.24) is 9.97 Å². The van der Waals surface area contributed by atoms with Crippen molar-refractivity contribution in [3.05, 3.63) is 36.7 Å². The van der Waals surface area contributed by atoms with Crippen LogP contribution in [0.4, 0.5) is 0 Å². The van der Waals surface area contributed by atoms with Gasteiger partial charge in [-0.3, -0.25) is 0 Å². The Bertz CT molecular complexity index is 785. The number of aromatic nitrogens is 2. The van der Waals surface area contributed by atoms with Crippen LogP contribution in [0.3, 0.4) is 0 Å². The fraction of sp³-hybridized carbons (Fsp3) is 0.667. The van der Waals surface area contributed by atoms with Gasteiger partial charge in [-0.15, -0.1) is 0 Å². The first-order chi connectivity index (χ1) is 17.7. The number of hydrogen-bond donors (Lipinski definition) is 0. The van der Waals surface area contributed by atoms with Gasteiger partial charge in [-0.2, -0.15) is 0 Å². The Kier molecular flexibility index (Phi) is 16.6. The number of hydrogen-bond acceptors (Lipinski definition) is 6. The van der Waals surface area contributed by atoms with Gasteiger partial charge in [-0.1, -0.05) is 90.2 Å². The van der Waals surface area contributed by atoms with Crippen molar-refractivity contribution in [3.63, 3.8) is 0 Å². The SMILES string of the molecule is CCCCCCCCOCCOc1cnc(-c2ccccc2OC(C)OCCCCCCCC)nc1. The van der Waals surface area contributed by atoms with E-state index in [-0.39, 0.29) is 6.29 Å². The number of benzene rings is 1. The summed E-state index contributed by atoms with van der Waals surface area (Å²) in [5, 5.41) is 0. The maximum Gasteiger partial charge on any atom is 0.197 e. The van der Waals surface area contributed by atoms with E-state index in [0.29, 0.717) is 37.1 Å². The first-order valence-electron chi connectivity index (χ1n) is 14.1. The van der Waals surface area contributed by atoms with Crippen LogP contribution in [0, 0.1) is 0 Å². The Hall–Kier alpha value is -2.18. The van der Waals surface area contributed by atoms with Crippen molar-refractivity contribution >= 4 is 0 Å². The molecule has 2 aromatic rings. The normalized spacial score (nSPS) is 12.0. The zero-order chi connectivity index (χ0) is 25.7. The molecule has 0 bridgehead atoms. The number of para-hydroxylation sites is 1. The van der Waals surface area contributed by atoms with Crippen molar-refractivity contribution < 1.29 is 18.9 Å². The smallest absolute Gasteiger partial charge is 0.197 e.